The molecule has 0 unspecified atom stereocenters. The van der Waals surface area contributed by atoms with E-state index >= 15 is 0 Å². The highest BCUT2D eigenvalue weighted by atomic mass is 16.5. The van der Waals surface area contributed by atoms with Gasteiger partial charge in [0.25, 0.3) is 0 Å². The first-order valence-electron chi connectivity index (χ1n) is 7.16. The molecular formula is C14H24N4O2. The maximum Gasteiger partial charge on any atom is 0.204 e. The lowest BCUT2D eigenvalue weighted by Gasteiger charge is -2.33. The third-order valence-corrected chi connectivity index (χ3v) is 3.65. The van der Waals surface area contributed by atoms with Gasteiger partial charge in [-0.25, -0.2) is 9.97 Å². The van der Waals surface area contributed by atoms with Crippen LogP contribution in [-0.2, 0) is 4.74 Å². The summed E-state index contributed by atoms with van der Waals surface area (Å²) in [6.07, 6.45) is 3.84. The molecule has 0 saturated carbocycles. The molecule has 2 heterocycles. The van der Waals surface area contributed by atoms with Gasteiger partial charge >= 0.3 is 0 Å². The number of aromatic nitrogens is 2. The molecule has 0 amide bonds. The van der Waals surface area contributed by atoms with Crippen LogP contribution in [0.15, 0.2) is 6.33 Å². The highest BCUT2D eigenvalue weighted by Gasteiger charge is 2.24. The average Bonchev–Trinajstić information content (AvgIpc) is 2.48. The molecule has 1 aliphatic heterocycles. The molecule has 0 atom stereocenters. The van der Waals surface area contributed by atoms with Crippen LogP contribution >= 0.6 is 0 Å². The van der Waals surface area contributed by atoms with Crippen molar-refractivity contribution in [1.29, 1.82) is 0 Å². The Kier molecular flexibility index (Phi) is 5.40. The van der Waals surface area contributed by atoms with E-state index in [0.29, 0.717) is 5.92 Å². The SMILES string of the molecule is CCNc1ncnc(N2CCC(COC)CC2)c1OC. The number of piperidine rings is 1. The van der Waals surface area contributed by atoms with Crippen LogP contribution in [0.4, 0.5) is 11.6 Å². The Morgan fingerprint density at radius 2 is 2.05 bits per heavy atom. The minimum Gasteiger partial charge on any atom is -0.490 e. The van der Waals surface area contributed by atoms with Crippen molar-refractivity contribution < 1.29 is 9.47 Å². The fraction of sp³-hybridized carbons (Fsp3) is 0.714. The normalized spacial score (nSPS) is 16.2. The zero-order valence-corrected chi connectivity index (χ0v) is 12.6. The van der Waals surface area contributed by atoms with Crippen molar-refractivity contribution in [3.63, 3.8) is 0 Å². The highest BCUT2D eigenvalue weighted by Crippen LogP contribution is 2.34. The van der Waals surface area contributed by atoms with Crippen LogP contribution in [0, 0.1) is 5.92 Å². The largest absolute Gasteiger partial charge is 0.490 e. The number of rotatable bonds is 6. The predicted octanol–water partition coefficient (Wildman–Crippen LogP) is 1.78. The van der Waals surface area contributed by atoms with Gasteiger partial charge < -0.3 is 19.7 Å². The minimum absolute atomic E-state index is 0.650. The van der Waals surface area contributed by atoms with E-state index in [9.17, 15) is 0 Å². The molecule has 2 rings (SSSR count). The molecule has 0 aliphatic carbocycles. The zero-order valence-electron chi connectivity index (χ0n) is 12.6. The minimum atomic E-state index is 0.650. The van der Waals surface area contributed by atoms with E-state index in [-0.39, 0.29) is 0 Å². The third kappa shape index (κ3) is 3.30. The van der Waals surface area contributed by atoms with Crippen molar-refractivity contribution in [1.82, 2.24) is 9.97 Å². The summed E-state index contributed by atoms with van der Waals surface area (Å²) >= 11 is 0. The average molecular weight is 280 g/mol. The lowest BCUT2D eigenvalue weighted by Crippen LogP contribution is -2.35. The van der Waals surface area contributed by atoms with Gasteiger partial charge in [-0.1, -0.05) is 0 Å². The van der Waals surface area contributed by atoms with E-state index in [2.05, 4.69) is 20.2 Å². The maximum absolute atomic E-state index is 5.50. The summed E-state index contributed by atoms with van der Waals surface area (Å²) < 4.78 is 10.7. The molecule has 112 valence electrons. The van der Waals surface area contributed by atoms with Crippen LogP contribution < -0.4 is 15.0 Å². The maximum atomic E-state index is 5.50. The molecule has 1 aliphatic rings. The van der Waals surface area contributed by atoms with Gasteiger partial charge in [-0.15, -0.1) is 0 Å². The van der Waals surface area contributed by atoms with E-state index in [4.69, 9.17) is 9.47 Å². The van der Waals surface area contributed by atoms with Crippen LogP contribution in [0.3, 0.4) is 0 Å². The van der Waals surface area contributed by atoms with Crippen molar-refractivity contribution in [3.8, 4) is 5.75 Å². The third-order valence-electron chi connectivity index (χ3n) is 3.65. The van der Waals surface area contributed by atoms with E-state index in [0.717, 1.165) is 56.5 Å². The van der Waals surface area contributed by atoms with Crippen molar-refractivity contribution in [3.05, 3.63) is 6.33 Å². The molecule has 20 heavy (non-hydrogen) atoms. The van der Waals surface area contributed by atoms with Gasteiger partial charge in [-0.2, -0.15) is 0 Å². The van der Waals surface area contributed by atoms with Crippen molar-refractivity contribution in [2.45, 2.75) is 19.8 Å². The molecule has 0 aromatic carbocycles. The number of methoxy groups -OCH3 is 2. The molecule has 6 nitrogen and oxygen atoms in total. The molecule has 0 bridgehead atoms. The zero-order chi connectivity index (χ0) is 14.4. The van der Waals surface area contributed by atoms with E-state index in [1.165, 1.54) is 0 Å². The first-order valence-corrected chi connectivity index (χ1v) is 7.16. The van der Waals surface area contributed by atoms with Gasteiger partial charge in [-0.05, 0) is 25.7 Å². The fourth-order valence-corrected chi connectivity index (χ4v) is 2.62. The molecule has 1 aromatic rings. The standard InChI is InChI=1S/C14H24N4O2/c1-4-15-13-12(20-3)14(17-10-16-13)18-7-5-11(6-8-18)9-19-2/h10-11H,4-9H2,1-3H3,(H,15,16,17). The van der Waals surface area contributed by atoms with Crippen molar-refractivity contribution >= 4 is 11.6 Å². The van der Waals surface area contributed by atoms with Crippen LogP contribution in [0.2, 0.25) is 0 Å². The Bertz CT molecular complexity index is 420. The predicted molar refractivity (Wildman–Crippen MR) is 79.6 cm³/mol. The van der Waals surface area contributed by atoms with Gasteiger partial charge in [0.2, 0.25) is 5.75 Å². The second-order valence-corrected chi connectivity index (χ2v) is 5.00. The molecule has 6 heteroatoms. The second-order valence-electron chi connectivity index (χ2n) is 5.00. The van der Waals surface area contributed by atoms with Crippen molar-refractivity contribution in [2.24, 2.45) is 5.92 Å². The summed E-state index contributed by atoms with van der Waals surface area (Å²) in [5.41, 5.74) is 0. The lowest BCUT2D eigenvalue weighted by atomic mass is 9.98. The van der Waals surface area contributed by atoms with Gasteiger partial charge in [-0.3, -0.25) is 0 Å². The number of nitrogens with one attached hydrogen (secondary N) is 1. The Morgan fingerprint density at radius 1 is 1.30 bits per heavy atom. The van der Waals surface area contributed by atoms with Crippen LogP contribution in [0.1, 0.15) is 19.8 Å². The lowest BCUT2D eigenvalue weighted by molar-refractivity contribution is 0.139. The van der Waals surface area contributed by atoms with Gasteiger partial charge in [0.1, 0.15) is 6.33 Å². The Hall–Kier alpha value is -1.56. The number of anilines is 2. The van der Waals surface area contributed by atoms with Gasteiger partial charge in [0, 0.05) is 33.4 Å². The summed E-state index contributed by atoms with van der Waals surface area (Å²) in [6, 6.07) is 0. The van der Waals surface area contributed by atoms with Crippen molar-refractivity contribution in [2.75, 3.05) is 50.7 Å². The summed E-state index contributed by atoms with van der Waals surface area (Å²) in [5, 5.41) is 3.21. The second kappa shape index (κ2) is 7.28. The summed E-state index contributed by atoms with van der Waals surface area (Å²) in [7, 11) is 3.43. The molecule has 1 saturated heterocycles. The molecule has 0 spiro atoms. The van der Waals surface area contributed by atoms with E-state index in [1.54, 1.807) is 20.5 Å². The molecule has 0 radical (unpaired) electrons. The summed E-state index contributed by atoms with van der Waals surface area (Å²) in [5.74, 6) is 3.03. The number of nitrogens with zero attached hydrogens (tertiary/aromatic N) is 3. The van der Waals surface area contributed by atoms with Crippen LogP contribution in [-0.4, -0.2) is 50.4 Å². The molecule has 1 aromatic heterocycles. The Morgan fingerprint density at radius 3 is 2.65 bits per heavy atom. The monoisotopic (exact) mass is 280 g/mol. The molecule has 1 fully saturated rings. The highest BCUT2D eigenvalue weighted by molar-refractivity contribution is 5.64. The smallest absolute Gasteiger partial charge is 0.204 e. The number of hydrogen-bond acceptors (Lipinski definition) is 6. The molecule has 1 N–H and O–H groups in total. The first kappa shape index (κ1) is 14.8. The summed E-state index contributed by atoms with van der Waals surface area (Å²) in [6.45, 7) is 5.65. The van der Waals surface area contributed by atoms with Gasteiger partial charge in [0.05, 0.1) is 7.11 Å². The topological polar surface area (TPSA) is 59.5 Å². The Labute approximate surface area is 120 Å². The summed E-state index contributed by atoms with van der Waals surface area (Å²) in [4.78, 5) is 10.9. The Balaban J connectivity index is 2.11. The van der Waals surface area contributed by atoms with E-state index in [1.807, 2.05) is 6.92 Å². The van der Waals surface area contributed by atoms with Crippen LogP contribution in [0.5, 0.6) is 5.75 Å². The quantitative estimate of drug-likeness (QED) is 0.857. The fourth-order valence-electron chi connectivity index (χ4n) is 2.62. The number of ether oxygens (including phenoxy) is 2. The van der Waals surface area contributed by atoms with Gasteiger partial charge in [0.15, 0.2) is 11.6 Å². The first-order chi connectivity index (χ1) is 9.80. The van der Waals surface area contributed by atoms with Crippen LogP contribution in [0.25, 0.3) is 0 Å². The number of hydrogen-bond donors (Lipinski definition) is 1. The molecular weight excluding hydrogens is 256 g/mol. The van der Waals surface area contributed by atoms with E-state index < -0.39 is 0 Å².